The molecular weight excluding hydrogens is 205 g/mol. The summed E-state index contributed by atoms with van der Waals surface area (Å²) in [7, 11) is 0. The third-order valence-electron chi connectivity index (χ3n) is 2.18. The quantitative estimate of drug-likeness (QED) is 0.815. The maximum absolute atomic E-state index is 13.0. The van der Waals surface area contributed by atoms with Gasteiger partial charge in [0.05, 0.1) is 11.1 Å². The molecule has 1 aromatic carbocycles. The van der Waals surface area contributed by atoms with Crippen LogP contribution in [0.5, 0.6) is 0 Å². The van der Waals surface area contributed by atoms with Crippen LogP contribution in [0.2, 0.25) is 5.02 Å². The highest BCUT2D eigenvalue weighted by molar-refractivity contribution is 6.31. The van der Waals surface area contributed by atoms with Gasteiger partial charge in [-0.05, 0) is 37.1 Å². The van der Waals surface area contributed by atoms with Crippen LogP contribution in [-0.2, 0) is 0 Å². The molecule has 1 aromatic rings. The van der Waals surface area contributed by atoms with Crippen molar-refractivity contribution >= 4 is 11.6 Å². The molecule has 0 spiro atoms. The van der Waals surface area contributed by atoms with Gasteiger partial charge in [-0.1, -0.05) is 17.7 Å². The smallest absolute Gasteiger partial charge is 0.142 e. The summed E-state index contributed by atoms with van der Waals surface area (Å²) in [5.41, 5.74) is 6.53. The summed E-state index contributed by atoms with van der Waals surface area (Å²) in [6.45, 7) is 2.07. The van der Waals surface area contributed by atoms with Crippen molar-refractivity contribution < 1.29 is 9.50 Å². The Kier molecular flexibility index (Phi) is 3.86. The zero-order chi connectivity index (χ0) is 10.7. The normalized spacial score (nSPS) is 12.9. The molecule has 4 heteroatoms. The van der Waals surface area contributed by atoms with Gasteiger partial charge >= 0.3 is 0 Å². The Morgan fingerprint density at radius 2 is 2.21 bits per heavy atom. The van der Waals surface area contributed by atoms with Crippen LogP contribution in [0.25, 0.3) is 0 Å². The van der Waals surface area contributed by atoms with Crippen molar-refractivity contribution in [1.82, 2.24) is 0 Å². The molecule has 0 aliphatic carbocycles. The fourth-order valence-electron chi connectivity index (χ4n) is 1.34. The van der Waals surface area contributed by atoms with Gasteiger partial charge in [-0.25, -0.2) is 4.39 Å². The molecule has 1 rings (SSSR count). The fraction of sp³-hybridized carbons (Fsp3) is 0.400. The first-order chi connectivity index (χ1) is 6.57. The molecular formula is C10H13ClFNO. The molecule has 0 aromatic heterocycles. The minimum Gasteiger partial charge on any atom is -0.388 e. The second kappa shape index (κ2) is 4.73. The lowest BCUT2D eigenvalue weighted by atomic mass is 10.0. The van der Waals surface area contributed by atoms with Crippen LogP contribution in [0.15, 0.2) is 12.1 Å². The highest BCUT2D eigenvalue weighted by atomic mass is 35.5. The van der Waals surface area contributed by atoms with E-state index >= 15 is 0 Å². The maximum Gasteiger partial charge on any atom is 0.142 e. The summed E-state index contributed by atoms with van der Waals surface area (Å²) in [5, 5.41) is 9.72. The number of halogens is 2. The van der Waals surface area contributed by atoms with Crippen LogP contribution in [-0.4, -0.2) is 11.7 Å². The number of rotatable bonds is 3. The van der Waals surface area contributed by atoms with Crippen molar-refractivity contribution in [3.63, 3.8) is 0 Å². The SMILES string of the molecule is Cc1c(C(O)CCN)ccc(F)c1Cl. The summed E-state index contributed by atoms with van der Waals surface area (Å²) in [6.07, 6.45) is -0.221. The summed E-state index contributed by atoms with van der Waals surface area (Å²) in [6, 6.07) is 2.79. The van der Waals surface area contributed by atoms with E-state index in [1.54, 1.807) is 6.92 Å². The Morgan fingerprint density at radius 3 is 2.79 bits per heavy atom. The molecule has 1 atom stereocenters. The standard InChI is InChI=1S/C10H13ClFNO/c1-6-7(9(14)4-5-13)2-3-8(12)10(6)11/h2-3,9,14H,4-5,13H2,1H3. The Balaban J connectivity index is 3.04. The van der Waals surface area contributed by atoms with E-state index in [1.165, 1.54) is 12.1 Å². The molecule has 2 nitrogen and oxygen atoms in total. The number of aliphatic hydroxyl groups excluding tert-OH is 1. The van der Waals surface area contributed by atoms with Crippen molar-refractivity contribution in [2.45, 2.75) is 19.4 Å². The third kappa shape index (κ3) is 2.23. The molecule has 0 heterocycles. The van der Waals surface area contributed by atoms with Crippen molar-refractivity contribution in [1.29, 1.82) is 0 Å². The molecule has 14 heavy (non-hydrogen) atoms. The minimum atomic E-state index is -0.668. The maximum atomic E-state index is 13.0. The summed E-state index contributed by atoms with van der Waals surface area (Å²) in [4.78, 5) is 0. The third-order valence-corrected chi connectivity index (χ3v) is 2.64. The van der Waals surface area contributed by atoms with E-state index in [2.05, 4.69) is 0 Å². The predicted molar refractivity (Wildman–Crippen MR) is 54.8 cm³/mol. The average Bonchev–Trinajstić information content (AvgIpc) is 2.15. The van der Waals surface area contributed by atoms with Gasteiger partial charge in [0.1, 0.15) is 5.82 Å². The number of aliphatic hydroxyl groups is 1. The van der Waals surface area contributed by atoms with Crippen LogP contribution in [0.3, 0.4) is 0 Å². The van der Waals surface area contributed by atoms with Crippen molar-refractivity contribution in [3.05, 3.63) is 34.1 Å². The molecule has 1 unspecified atom stereocenters. The first-order valence-electron chi connectivity index (χ1n) is 4.40. The van der Waals surface area contributed by atoms with Crippen molar-refractivity contribution in [3.8, 4) is 0 Å². The molecule has 0 bridgehead atoms. The van der Waals surface area contributed by atoms with E-state index in [0.717, 1.165) is 0 Å². The molecule has 0 radical (unpaired) electrons. The topological polar surface area (TPSA) is 46.2 Å². The number of hydrogen-bond acceptors (Lipinski definition) is 2. The summed E-state index contributed by atoms with van der Waals surface area (Å²) >= 11 is 5.71. The molecule has 3 N–H and O–H groups in total. The lowest BCUT2D eigenvalue weighted by molar-refractivity contribution is 0.169. The van der Waals surface area contributed by atoms with E-state index in [4.69, 9.17) is 17.3 Å². The van der Waals surface area contributed by atoms with Gasteiger partial charge in [0.25, 0.3) is 0 Å². The lowest BCUT2D eigenvalue weighted by Gasteiger charge is -2.13. The first kappa shape index (κ1) is 11.4. The van der Waals surface area contributed by atoms with E-state index in [1.807, 2.05) is 0 Å². The van der Waals surface area contributed by atoms with E-state index in [0.29, 0.717) is 24.1 Å². The molecule has 0 saturated heterocycles. The highest BCUT2D eigenvalue weighted by Crippen LogP contribution is 2.27. The van der Waals surface area contributed by atoms with Gasteiger partial charge in [-0.2, -0.15) is 0 Å². The van der Waals surface area contributed by atoms with Crippen LogP contribution in [0, 0.1) is 12.7 Å². The summed E-state index contributed by atoms with van der Waals surface area (Å²) in [5.74, 6) is -0.465. The highest BCUT2D eigenvalue weighted by Gasteiger charge is 2.13. The second-order valence-corrected chi connectivity index (χ2v) is 3.55. The molecule has 0 aliphatic rings. The number of benzene rings is 1. The van der Waals surface area contributed by atoms with Gasteiger partial charge in [-0.3, -0.25) is 0 Å². The van der Waals surface area contributed by atoms with Gasteiger partial charge < -0.3 is 10.8 Å². The zero-order valence-electron chi connectivity index (χ0n) is 7.93. The Bertz CT molecular complexity index is 330. The van der Waals surface area contributed by atoms with Gasteiger partial charge in [0.2, 0.25) is 0 Å². The molecule has 78 valence electrons. The Hall–Kier alpha value is -0.640. The molecule has 0 amide bonds. The second-order valence-electron chi connectivity index (χ2n) is 3.17. The Morgan fingerprint density at radius 1 is 1.57 bits per heavy atom. The Labute approximate surface area is 87.5 Å². The zero-order valence-corrected chi connectivity index (χ0v) is 8.68. The molecule has 0 saturated carbocycles. The predicted octanol–water partition coefficient (Wildman–Crippen LogP) is 2.17. The van der Waals surface area contributed by atoms with Crippen molar-refractivity contribution in [2.24, 2.45) is 5.73 Å². The van der Waals surface area contributed by atoms with Gasteiger partial charge in [-0.15, -0.1) is 0 Å². The average molecular weight is 218 g/mol. The summed E-state index contributed by atoms with van der Waals surface area (Å²) < 4.78 is 13.0. The van der Waals surface area contributed by atoms with E-state index < -0.39 is 11.9 Å². The first-order valence-corrected chi connectivity index (χ1v) is 4.78. The molecule has 0 fully saturated rings. The molecule has 0 aliphatic heterocycles. The van der Waals surface area contributed by atoms with Gasteiger partial charge in [0.15, 0.2) is 0 Å². The monoisotopic (exact) mass is 217 g/mol. The largest absolute Gasteiger partial charge is 0.388 e. The van der Waals surface area contributed by atoms with Crippen LogP contribution < -0.4 is 5.73 Å². The van der Waals surface area contributed by atoms with Crippen LogP contribution in [0.4, 0.5) is 4.39 Å². The van der Waals surface area contributed by atoms with Crippen LogP contribution >= 0.6 is 11.6 Å². The fourth-order valence-corrected chi connectivity index (χ4v) is 1.51. The van der Waals surface area contributed by atoms with Crippen molar-refractivity contribution in [2.75, 3.05) is 6.54 Å². The number of hydrogen-bond donors (Lipinski definition) is 2. The van der Waals surface area contributed by atoms with E-state index in [-0.39, 0.29) is 5.02 Å². The van der Waals surface area contributed by atoms with E-state index in [9.17, 15) is 9.50 Å². The number of nitrogens with two attached hydrogens (primary N) is 1. The van der Waals surface area contributed by atoms with Gasteiger partial charge in [0, 0.05) is 0 Å². The van der Waals surface area contributed by atoms with Crippen LogP contribution in [0.1, 0.15) is 23.7 Å². The minimum absolute atomic E-state index is 0.0681. The lowest BCUT2D eigenvalue weighted by Crippen LogP contribution is -2.08.